The van der Waals surface area contributed by atoms with E-state index >= 15 is 0 Å². The third-order valence-electron chi connectivity index (χ3n) is 3.97. The van der Waals surface area contributed by atoms with Gasteiger partial charge in [0.25, 0.3) is 0 Å². The normalized spacial score (nSPS) is 19.8. The summed E-state index contributed by atoms with van der Waals surface area (Å²) in [5, 5.41) is 4.21. The minimum Gasteiger partial charge on any atom is -0.331 e. The highest BCUT2D eigenvalue weighted by Crippen LogP contribution is 2.26. The van der Waals surface area contributed by atoms with Gasteiger partial charge in [-0.3, -0.25) is 0 Å². The first-order valence-corrected chi connectivity index (χ1v) is 6.85. The first-order valence-electron chi connectivity index (χ1n) is 6.48. The van der Waals surface area contributed by atoms with Crippen LogP contribution in [0.5, 0.6) is 0 Å². The number of hydrogen-bond acceptors (Lipinski definition) is 2. The van der Waals surface area contributed by atoms with Crippen LogP contribution in [-0.4, -0.2) is 22.6 Å². The van der Waals surface area contributed by atoms with Crippen molar-refractivity contribution in [3.8, 4) is 0 Å². The molecule has 0 saturated carbocycles. The summed E-state index contributed by atoms with van der Waals surface area (Å²) in [6.45, 7) is 4.29. The molecule has 2 heterocycles. The lowest BCUT2D eigenvalue weighted by Crippen LogP contribution is -2.12. The highest BCUT2D eigenvalue weighted by Gasteiger charge is 2.19. The van der Waals surface area contributed by atoms with Gasteiger partial charge in [0.2, 0.25) is 0 Å². The molecule has 1 aromatic heterocycles. The van der Waals surface area contributed by atoms with Gasteiger partial charge in [-0.15, -0.1) is 0 Å². The predicted molar refractivity (Wildman–Crippen MR) is 75.1 cm³/mol. The summed E-state index contributed by atoms with van der Waals surface area (Å²) in [7, 11) is 2.10. The minimum atomic E-state index is 0.719. The Hall–Kier alpha value is -1.06. The minimum absolute atomic E-state index is 0.719. The molecule has 1 atom stereocenters. The van der Waals surface area contributed by atoms with E-state index in [-0.39, 0.29) is 0 Å². The second-order valence-electron chi connectivity index (χ2n) is 5.19. The van der Waals surface area contributed by atoms with Gasteiger partial charge in [-0.25, -0.2) is 4.98 Å². The Labute approximate surface area is 112 Å². The lowest BCUT2D eigenvalue weighted by molar-refractivity contribution is 0.552. The fourth-order valence-electron chi connectivity index (χ4n) is 2.75. The van der Waals surface area contributed by atoms with Crippen LogP contribution >= 0.6 is 11.6 Å². The molecule has 1 aliphatic rings. The van der Waals surface area contributed by atoms with Gasteiger partial charge in [0.05, 0.1) is 11.0 Å². The lowest BCUT2D eigenvalue weighted by Gasteiger charge is -2.07. The molecule has 1 aliphatic heterocycles. The summed E-state index contributed by atoms with van der Waals surface area (Å²) < 4.78 is 2.21. The van der Waals surface area contributed by atoms with Gasteiger partial charge in [-0.1, -0.05) is 11.6 Å². The molecule has 1 saturated heterocycles. The highest BCUT2D eigenvalue weighted by atomic mass is 35.5. The van der Waals surface area contributed by atoms with Gasteiger partial charge in [-0.05, 0) is 50.0 Å². The van der Waals surface area contributed by atoms with E-state index in [9.17, 15) is 0 Å². The van der Waals surface area contributed by atoms with E-state index < -0.39 is 0 Å². The zero-order valence-corrected chi connectivity index (χ0v) is 11.6. The monoisotopic (exact) mass is 263 g/mol. The van der Waals surface area contributed by atoms with Gasteiger partial charge in [0.1, 0.15) is 5.82 Å². The van der Waals surface area contributed by atoms with Crippen molar-refractivity contribution in [2.75, 3.05) is 13.1 Å². The molecule has 0 amide bonds. The molecule has 2 aromatic rings. The van der Waals surface area contributed by atoms with Crippen molar-refractivity contribution >= 4 is 22.6 Å². The average molecular weight is 264 g/mol. The Bertz CT molecular complexity index is 582. The zero-order chi connectivity index (χ0) is 12.7. The lowest BCUT2D eigenvalue weighted by atomic mass is 10.0. The van der Waals surface area contributed by atoms with Crippen molar-refractivity contribution < 1.29 is 0 Å². The van der Waals surface area contributed by atoms with Crippen molar-refractivity contribution in [3.63, 3.8) is 0 Å². The molecule has 4 heteroatoms. The maximum absolute atomic E-state index is 6.16. The zero-order valence-electron chi connectivity index (χ0n) is 10.8. The smallest absolute Gasteiger partial charge is 0.109 e. The quantitative estimate of drug-likeness (QED) is 0.903. The van der Waals surface area contributed by atoms with Crippen molar-refractivity contribution in [2.24, 2.45) is 13.0 Å². The van der Waals surface area contributed by atoms with Crippen LogP contribution in [-0.2, 0) is 13.5 Å². The number of hydrogen-bond donors (Lipinski definition) is 1. The highest BCUT2D eigenvalue weighted by molar-refractivity contribution is 6.32. The van der Waals surface area contributed by atoms with Gasteiger partial charge in [0.15, 0.2) is 0 Å². The summed E-state index contributed by atoms with van der Waals surface area (Å²) in [6, 6.07) is 4.02. The van der Waals surface area contributed by atoms with Crippen LogP contribution in [0.25, 0.3) is 11.0 Å². The molecule has 0 radical (unpaired) electrons. The van der Waals surface area contributed by atoms with Crippen LogP contribution < -0.4 is 5.32 Å². The molecular weight excluding hydrogens is 246 g/mol. The first kappa shape index (κ1) is 12.0. The number of nitrogens with zero attached hydrogens (tertiary/aromatic N) is 2. The van der Waals surface area contributed by atoms with E-state index in [1.165, 1.54) is 17.8 Å². The molecular formula is C14H18ClN3. The van der Waals surface area contributed by atoms with Gasteiger partial charge in [0, 0.05) is 18.5 Å². The van der Waals surface area contributed by atoms with Crippen molar-refractivity contribution in [1.29, 1.82) is 0 Å². The van der Waals surface area contributed by atoms with E-state index in [1.54, 1.807) is 0 Å². The fraction of sp³-hybridized carbons (Fsp3) is 0.500. The third-order valence-corrected chi connectivity index (χ3v) is 4.38. The Morgan fingerprint density at radius 2 is 2.33 bits per heavy atom. The molecule has 1 N–H and O–H groups in total. The summed E-state index contributed by atoms with van der Waals surface area (Å²) >= 11 is 6.16. The first-order chi connectivity index (χ1) is 8.66. The summed E-state index contributed by atoms with van der Waals surface area (Å²) in [5.41, 5.74) is 3.31. The third kappa shape index (κ3) is 1.91. The molecule has 96 valence electrons. The van der Waals surface area contributed by atoms with Crippen LogP contribution in [0.1, 0.15) is 17.8 Å². The molecule has 0 aliphatic carbocycles. The van der Waals surface area contributed by atoms with E-state index in [0.29, 0.717) is 0 Å². The van der Waals surface area contributed by atoms with Crippen LogP contribution in [0.4, 0.5) is 0 Å². The van der Waals surface area contributed by atoms with Gasteiger partial charge >= 0.3 is 0 Å². The summed E-state index contributed by atoms with van der Waals surface area (Å²) in [6.07, 6.45) is 2.30. The fourth-order valence-corrected chi connectivity index (χ4v) is 2.90. The summed E-state index contributed by atoms with van der Waals surface area (Å²) in [4.78, 5) is 4.79. The number of fused-ring (bicyclic) bond motifs is 1. The largest absolute Gasteiger partial charge is 0.331 e. The summed E-state index contributed by atoms with van der Waals surface area (Å²) in [5.74, 6) is 1.89. The predicted octanol–water partition coefficient (Wildman–Crippen LogP) is 2.69. The van der Waals surface area contributed by atoms with Crippen LogP contribution in [0.3, 0.4) is 0 Å². The van der Waals surface area contributed by atoms with E-state index in [4.69, 9.17) is 16.6 Å². The molecule has 1 aromatic carbocycles. The van der Waals surface area contributed by atoms with E-state index in [2.05, 4.69) is 23.0 Å². The van der Waals surface area contributed by atoms with Gasteiger partial charge < -0.3 is 9.88 Å². The number of benzene rings is 1. The number of imidazole rings is 1. The second kappa shape index (κ2) is 4.56. The second-order valence-corrected chi connectivity index (χ2v) is 5.60. The number of rotatable bonds is 2. The van der Waals surface area contributed by atoms with Crippen LogP contribution in [0, 0.1) is 12.8 Å². The van der Waals surface area contributed by atoms with Crippen molar-refractivity contribution in [1.82, 2.24) is 14.9 Å². The molecule has 1 unspecified atom stereocenters. The number of nitrogens with one attached hydrogen (secondary N) is 1. The number of halogens is 1. The Balaban J connectivity index is 2.02. The molecule has 3 nitrogen and oxygen atoms in total. The molecule has 0 spiro atoms. The molecule has 1 fully saturated rings. The maximum Gasteiger partial charge on any atom is 0.109 e. The number of aryl methyl sites for hydroxylation is 2. The van der Waals surface area contributed by atoms with Crippen molar-refractivity contribution in [3.05, 3.63) is 28.5 Å². The van der Waals surface area contributed by atoms with Gasteiger partial charge in [-0.2, -0.15) is 0 Å². The number of aromatic nitrogens is 2. The Morgan fingerprint density at radius 1 is 1.50 bits per heavy atom. The average Bonchev–Trinajstić information content (AvgIpc) is 2.95. The standard InChI is InChI=1S/C14H18ClN3/c1-9-11(15)3-4-12-14(9)17-13(18(12)2)7-10-5-6-16-8-10/h3-4,10,16H,5-8H2,1-2H3. The topological polar surface area (TPSA) is 29.9 Å². The Morgan fingerprint density at radius 3 is 3.06 bits per heavy atom. The van der Waals surface area contributed by atoms with Crippen molar-refractivity contribution in [2.45, 2.75) is 19.8 Å². The molecule has 18 heavy (non-hydrogen) atoms. The molecule has 0 bridgehead atoms. The van der Waals surface area contributed by atoms with Crippen LogP contribution in [0.15, 0.2) is 12.1 Å². The maximum atomic E-state index is 6.16. The van der Waals surface area contributed by atoms with E-state index in [0.717, 1.165) is 41.5 Å². The Kier molecular flexibility index (Phi) is 3.04. The molecule has 3 rings (SSSR count). The van der Waals surface area contributed by atoms with E-state index in [1.807, 2.05) is 13.0 Å². The van der Waals surface area contributed by atoms with Crippen LogP contribution in [0.2, 0.25) is 5.02 Å². The SMILES string of the molecule is Cc1c(Cl)ccc2c1nc(CC1CCNC1)n2C.